The Morgan fingerprint density at radius 3 is 2.52 bits per heavy atom. The monoisotopic (exact) mass is 278 g/mol. The number of carbonyl (C=O) groups is 1. The second kappa shape index (κ2) is 3.79. The van der Waals surface area contributed by atoms with Gasteiger partial charge in [-0.15, -0.1) is 0 Å². The quantitative estimate of drug-likeness (QED) is 0.301. The third kappa shape index (κ3) is 1.37. The van der Waals surface area contributed by atoms with E-state index in [2.05, 4.69) is 0 Å². The number of nitrogens with zero attached hydrogens (tertiary/aromatic N) is 2. The van der Waals surface area contributed by atoms with E-state index in [9.17, 15) is 14.9 Å². The average Bonchev–Trinajstić information content (AvgIpc) is 2.80. The van der Waals surface area contributed by atoms with Crippen molar-refractivity contribution < 1.29 is 9.72 Å². The molecule has 0 atom stereocenters. The van der Waals surface area contributed by atoms with Crippen molar-refractivity contribution in [3.05, 3.63) is 52.6 Å². The Kier molecular flexibility index (Phi) is 2.14. The zero-order chi connectivity index (χ0) is 14.7. The zero-order valence-electron chi connectivity index (χ0n) is 11.2. The minimum absolute atomic E-state index is 0.0656. The van der Waals surface area contributed by atoms with Crippen molar-refractivity contribution in [2.75, 3.05) is 0 Å². The average molecular weight is 278 g/mol. The number of nitro benzene ring substituents is 1. The van der Waals surface area contributed by atoms with Gasteiger partial charge < -0.3 is 0 Å². The number of nitro groups is 1. The molecule has 0 unspecified atom stereocenters. The number of hydrogen-bond donors (Lipinski definition) is 0. The summed E-state index contributed by atoms with van der Waals surface area (Å²) in [4.78, 5) is 22.8. The van der Waals surface area contributed by atoms with Crippen LogP contribution in [-0.2, 0) is 0 Å². The van der Waals surface area contributed by atoms with Crippen molar-refractivity contribution in [2.45, 2.75) is 6.92 Å². The molecule has 21 heavy (non-hydrogen) atoms. The first-order valence-corrected chi connectivity index (χ1v) is 6.53. The Morgan fingerprint density at radius 2 is 1.81 bits per heavy atom. The molecule has 3 aromatic carbocycles. The minimum atomic E-state index is -0.385. The fourth-order valence-corrected chi connectivity index (χ4v) is 3.17. The molecule has 5 heteroatoms. The molecule has 4 aromatic rings. The van der Waals surface area contributed by atoms with Crippen molar-refractivity contribution in [3.63, 3.8) is 0 Å². The lowest BCUT2D eigenvalue weighted by Gasteiger charge is -2.02. The summed E-state index contributed by atoms with van der Waals surface area (Å²) in [6.07, 6.45) is 0. The van der Waals surface area contributed by atoms with Crippen LogP contribution in [0.5, 0.6) is 0 Å². The molecule has 0 radical (unpaired) electrons. The lowest BCUT2D eigenvalue weighted by atomic mass is 10.0. The predicted octanol–water partition coefficient (Wildman–Crippen LogP) is 3.95. The molecule has 4 rings (SSSR count). The predicted molar refractivity (Wildman–Crippen MR) is 81.1 cm³/mol. The number of non-ortho nitro benzene ring substituents is 1. The second-order valence-electron chi connectivity index (χ2n) is 5.08. The normalized spacial score (nSPS) is 11.7. The number of aromatic nitrogens is 1. The zero-order valence-corrected chi connectivity index (χ0v) is 11.2. The van der Waals surface area contributed by atoms with Crippen LogP contribution in [0.3, 0.4) is 0 Å². The summed E-state index contributed by atoms with van der Waals surface area (Å²) in [5, 5.41) is 14.5. The van der Waals surface area contributed by atoms with Gasteiger partial charge in [-0.25, -0.2) is 0 Å². The molecule has 0 spiro atoms. The van der Waals surface area contributed by atoms with Crippen LogP contribution < -0.4 is 0 Å². The van der Waals surface area contributed by atoms with Gasteiger partial charge >= 0.3 is 0 Å². The van der Waals surface area contributed by atoms with E-state index in [0.29, 0.717) is 5.39 Å². The molecule has 0 aliphatic heterocycles. The summed E-state index contributed by atoms with van der Waals surface area (Å²) in [6.45, 7) is 1.50. The van der Waals surface area contributed by atoms with E-state index in [1.54, 1.807) is 16.7 Å². The molecular formula is C16H10N2O3. The van der Waals surface area contributed by atoms with E-state index in [1.807, 2.05) is 24.3 Å². The first-order valence-electron chi connectivity index (χ1n) is 6.53. The van der Waals surface area contributed by atoms with Gasteiger partial charge in [-0.2, -0.15) is 0 Å². The van der Waals surface area contributed by atoms with Gasteiger partial charge in [0.2, 0.25) is 5.91 Å². The van der Waals surface area contributed by atoms with E-state index in [4.69, 9.17) is 0 Å². The van der Waals surface area contributed by atoms with Crippen LogP contribution in [0.25, 0.3) is 32.6 Å². The maximum atomic E-state index is 12.0. The SMILES string of the molecule is CC(=O)n1c2cccc3ccc4c([N+](=O)[O-])ccc1c4c32. The summed E-state index contributed by atoms with van der Waals surface area (Å²) < 4.78 is 1.62. The summed E-state index contributed by atoms with van der Waals surface area (Å²) in [7, 11) is 0. The van der Waals surface area contributed by atoms with Crippen molar-refractivity contribution in [1.29, 1.82) is 0 Å². The topological polar surface area (TPSA) is 65.1 Å². The maximum Gasteiger partial charge on any atom is 0.277 e. The van der Waals surface area contributed by atoms with Gasteiger partial charge in [0.25, 0.3) is 5.69 Å². The first-order chi connectivity index (χ1) is 10.1. The van der Waals surface area contributed by atoms with E-state index in [1.165, 1.54) is 13.0 Å². The van der Waals surface area contributed by atoms with E-state index in [0.717, 1.165) is 27.2 Å². The molecule has 0 amide bonds. The van der Waals surface area contributed by atoms with E-state index in [-0.39, 0.29) is 16.5 Å². The highest BCUT2D eigenvalue weighted by Gasteiger charge is 2.22. The number of benzene rings is 3. The van der Waals surface area contributed by atoms with Crippen LogP contribution in [-0.4, -0.2) is 15.4 Å². The van der Waals surface area contributed by atoms with Gasteiger partial charge in [-0.3, -0.25) is 19.5 Å². The highest BCUT2D eigenvalue weighted by Crippen LogP contribution is 2.40. The Morgan fingerprint density at radius 1 is 1.05 bits per heavy atom. The highest BCUT2D eigenvalue weighted by atomic mass is 16.6. The lowest BCUT2D eigenvalue weighted by molar-refractivity contribution is -0.383. The lowest BCUT2D eigenvalue weighted by Crippen LogP contribution is -2.04. The van der Waals surface area contributed by atoms with E-state index < -0.39 is 0 Å². The molecule has 1 heterocycles. The summed E-state index contributed by atoms with van der Waals surface area (Å²) >= 11 is 0. The minimum Gasteiger partial charge on any atom is -0.280 e. The fraction of sp³-hybridized carbons (Fsp3) is 0.0625. The summed E-state index contributed by atoms with van der Waals surface area (Å²) in [6, 6.07) is 12.4. The molecule has 102 valence electrons. The maximum absolute atomic E-state index is 12.0. The van der Waals surface area contributed by atoms with Gasteiger partial charge in [0.05, 0.1) is 21.3 Å². The van der Waals surface area contributed by atoms with Crippen LogP contribution in [0.4, 0.5) is 5.69 Å². The summed E-state index contributed by atoms with van der Waals surface area (Å²) in [5.74, 6) is -0.103. The van der Waals surface area contributed by atoms with Gasteiger partial charge in [0.1, 0.15) is 0 Å². The Bertz CT molecular complexity index is 1050. The molecule has 0 N–H and O–H groups in total. The molecule has 0 saturated carbocycles. The van der Waals surface area contributed by atoms with Gasteiger partial charge in [-0.1, -0.05) is 18.2 Å². The van der Waals surface area contributed by atoms with E-state index >= 15 is 0 Å². The van der Waals surface area contributed by atoms with Crippen molar-refractivity contribution in [3.8, 4) is 0 Å². The molecule has 0 aliphatic carbocycles. The second-order valence-corrected chi connectivity index (χ2v) is 5.08. The van der Waals surface area contributed by atoms with Gasteiger partial charge in [0.15, 0.2) is 0 Å². The third-order valence-electron chi connectivity index (χ3n) is 3.95. The fourth-order valence-electron chi connectivity index (χ4n) is 3.17. The Hall–Kier alpha value is -2.95. The summed E-state index contributed by atoms with van der Waals surface area (Å²) in [5.41, 5.74) is 1.58. The molecule has 0 bridgehead atoms. The molecule has 5 nitrogen and oxygen atoms in total. The molecule has 1 aromatic heterocycles. The van der Waals surface area contributed by atoms with Crippen LogP contribution in [0.1, 0.15) is 11.7 Å². The molecule has 0 fully saturated rings. The van der Waals surface area contributed by atoms with Crippen molar-refractivity contribution >= 4 is 44.2 Å². The first kappa shape index (κ1) is 11.8. The number of carbonyl (C=O) groups excluding carboxylic acids is 1. The third-order valence-corrected chi connectivity index (χ3v) is 3.95. The molecular weight excluding hydrogens is 268 g/mol. The Labute approximate surface area is 118 Å². The smallest absolute Gasteiger partial charge is 0.277 e. The number of hydrogen-bond acceptors (Lipinski definition) is 3. The van der Waals surface area contributed by atoms with Gasteiger partial charge in [0, 0.05) is 23.8 Å². The molecule has 0 aliphatic rings. The van der Waals surface area contributed by atoms with Crippen LogP contribution in [0.2, 0.25) is 0 Å². The van der Waals surface area contributed by atoms with Gasteiger partial charge in [-0.05, 0) is 23.6 Å². The number of rotatable bonds is 1. The van der Waals surface area contributed by atoms with Crippen molar-refractivity contribution in [2.24, 2.45) is 0 Å². The standard InChI is InChI=1S/C16H10N2O3/c1-9(19)17-13-4-2-3-10-5-6-11-12(18(20)21)7-8-14(17)16(11)15(10)13/h2-8H,1H3. The van der Waals surface area contributed by atoms with Crippen LogP contribution in [0.15, 0.2) is 42.5 Å². The Balaban J connectivity index is 2.39. The molecule has 0 saturated heterocycles. The highest BCUT2D eigenvalue weighted by molar-refractivity contribution is 6.27. The largest absolute Gasteiger partial charge is 0.280 e. The van der Waals surface area contributed by atoms with Crippen LogP contribution in [0, 0.1) is 10.1 Å². The van der Waals surface area contributed by atoms with Crippen molar-refractivity contribution in [1.82, 2.24) is 4.57 Å². The van der Waals surface area contributed by atoms with Crippen LogP contribution >= 0.6 is 0 Å².